The number of nitriles is 1. The first-order valence-corrected chi connectivity index (χ1v) is 7.30. The van der Waals surface area contributed by atoms with Crippen LogP contribution in [0, 0.1) is 18.3 Å². The molecule has 0 atom stereocenters. The smallest absolute Gasteiger partial charge is 0.360 e. The third-order valence-electron chi connectivity index (χ3n) is 2.67. The fourth-order valence-corrected chi connectivity index (χ4v) is 2.54. The molecule has 24 heavy (non-hydrogen) atoms. The van der Waals surface area contributed by atoms with Gasteiger partial charge in [-0.15, -0.1) is 0 Å². The lowest BCUT2D eigenvalue weighted by molar-refractivity contribution is -0.138. The van der Waals surface area contributed by atoms with Gasteiger partial charge in [0.05, 0.1) is 21.9 Å². The van der Waals surface area contributed by atoms with Gasteiger partial charge < -0.3 is 14.8 Å². The van der Waals surface area contributed by atoms with E-state index < -0.39 is 28.8 Å². The van der Waals surface area contributed by atoms with E-state index in [-0.39, 0.29) is 16.6 Å². The molecule has 0 aliphatic heterocycles. The SMILES string of the molecule is Cc1cc(NC(=O)CSc2[nH]c(=O)cc(C(F)(F)F)c2C#N)no1. The van der Waals surface area contributed by atoms with Crippen molar-refractivity contribution in [1.29, 1.82) is 5.26 Å². The molecule has 0 aromatic carbocycles. The van der Waals surface area contributed by atoms with Crippen molar-refractivity contribution in [1.82, 2.24) is 10.1 Å². The van der Waals surface area contributed by atoms with E-state index in [1.165, 1.54) is 12.1 Å². The molecule has 126 valence electrons. The van der Waals surface area contributed by atoms with Gasteiger partial charge in [0, 0.05) is 12.1 Å². The fourth-order valence-electron chi connectivity index (χ4n) is 1.72. The van der Waals surface area contributed by atoms with Crippen molar-refractivity contribution < 1.29 is 22.5 Å². The highest BCUT2D eigenvalue weighted by molar-refractivity contribution is 8.00. The van der Waals surface area contributed by atoms with Crippen LogP contribution in [0.5, 0.6) is 0 Å². The second kappa shape index (κ2) is 6.79. The Bertz CT molecular complexity index is 867. The maximum atomic E-state index is 12.9. The second-order valence-electron chi connectivity index (χ2n) is 4.52. The number of aromatic amines is 1. The Labute approximate surface area is 136 Å². The van der Waals surface area contributed by atoms with Gasteiger partial charge in [-0.3, -0.25) is 9.59 Å². The Morgan fingerprint density at radius 3 is 2.75 bits per heavy atom. The minimum Gasteiger partial charge on any atom is -0.360 e. The van der Waals surface area contributed by atoms with Gasteiger partial charge in [-0.1, -0.05) is 16.9 Å². The summed E-state index contributed by atoms with van der Waals surface area (Å²) >= 11 is 0.602. The number of H-pyrrole nitrogens is 1. The molecule has 7 nitrogen and oxygen atoms in total. The van der Waals surface area contributed by atoms with Crippen molar-refractivity contribution in [3.05, 3.63) is 39.4 Å². The Hall–Kier alpha value is -2.74. The largest absolute Gasteiger partial charge is 0.417 e. The Balaban J connectivity index is 2.18. The number of rotatable bonds is 4. The van der Waals surface area contributed by atoms with E-state index >= 15 is 0 Å². The van der Waals surface area contributed by atoms with Crippen molar-refractivity contribution in [2.24, 2.45) is 0 Å². The molecule has 0 bridgehead atoms. The van der Waals surface area contributed by atoms with Crippen molar-refractivity contribution in [3.8, 4) is 6.07 Å². The molecule has 0 aliphatic carbocycles. The van der Waals surface area contributed by atoms with Crippen molar-refractivity contribution in [2.75, 3.05) is 11.1 Å². The number of hydrogen-bond acceptors (Lipinski definition) is 6. The summed E-state index contributed by atoms with van der Waals surface area (Å²) < 4.78 is 43.4. The molecule has 0 fully saturated rings. The highest BCUT2D eigenvalue weighted by Gasteiger charge is 2.35. The summed E-state index contributed by atoms with van der Waals surface area (Å²) in [6.07, 6.45) is -4.85. The number of carbonyl (C=O) groups is 1. The second-order valence-corrected chi connectivity index (χ2v) is 5.51. The van der Waals surface area contributed by atoms with Crippen molar-refractivity contribution in [2.45, 2.75) is 18.1 Å². The van der Waals surface area contributed by atoms with Gasteiger partial charge in [-0.05, 0) is 6.92 Å². The first-order chi connectivity index (χ1) is 11.2. The predicted molar refractivity (Wildman–Crippen MR) is 77.4 cm³/mol. The Morgan fingerprint density at radius 1 is 1.50 bits per heavy atom. The van der Waals surface area contributed by atoms with Gasteiger partial charge in [-0.2, -0.15) is 18.4 Å². The number of aromatic nitrogens is 2. The fraction of sp³-hybridized carbons (Fsp3) is 0.231. The van der Waals surface area contributed by atoms with Gasteiger partial charge in [0.15, 0.2) is 5.82 Å². The number of halogens is 3. The lowest BCUT2D eigenvalue weighted by atomic mass is 10.1. The molecular weight excluding hydrogens is 349 g/mol. The zero-order chi connectivity index (χ0) is 17.9. The van der Waals surface area contributed by atoms with Gasteiger partial charge in [0.2, 0.25) is 11.5 Å². The van der Waals surface area contributed by atoms with E-state index in [2.05, 4.69) is 15.5 Å². The highest BCUT2D eigenvalue weighted by Crippen LogP contribution is 2.34. The molecule has 0 saturated carbocycles. The molecule has 1 amide bonds. The van der Waals surface area contributed by atoms with E-state index in [4.69, 9.17) is 9.78 Å². The van der Waals surface area contributed by atoms with Crippen LogP contribution in [-0.4, -0.2) is 21.8 Å². The molecule has 0 aliphatic rings. The topological polar surface area (TPSA) is 112 Å². The van der Waals surface area contributed by atoms with Crippen LogP contribution in [0.3, 0.4) is 0 Å². The quantitative estimate of drug-likeness (QED) is 0.811. The van der Waals surface area contributed by atoms with E-state index in [0.29, 0.717) is 23.6 Å². The summed E-state index contributed by atoms with van der Waals surface area (Å²) in [7, 11) is 0. The maximum absolute atomic E-state index is 12.9. The number of thioether (sulfide) groups is 1. The zero-order valence-electron chi connectivity index (χ0n) is 12.0. The molecule has 0 unspecified atom stereocenters. The van der Waals surface area contributed by atoms with E-state index in [9.17, 15) is 22.8 Å². The molecule has 2 rings (SSSR count). The summed E-state index contributed by atoms with van der Waals surface area (Å²) in [6.45, 7) is 1.62. The molecule has 2 aromatic heterocycles. The molecule has 2 aromatic rings. The number of pyridine rings is 1. The highest BCUT2D eigenvalue weighted by atomic mass is 32.2. The third kappa shape index (κ3) is 4.17. The lowest BCUT2D eigenvalue weighted by Crippen LogP contribution is -2.18. The van der Waals surface area contributed by atoms with Crippen LogP contribution < -0.4 is 10.9 Å². The van der Waals surface area contributed by atoms with E-state index in [1.807, 2.05) is 0 Å². The normalized spacial score (nSPS) is 11.1. The summed E-state index contributed by atoms with van der Waals surface area (Å²) in [5.41, 5.74) is -3.10. The molecular formula is C13H9F3N4O3S. The van der Waals surface area contributed by atoms with Gasteiger partial charge in [0.1, 0.15) is 11.8 Å². The number of hydrogen-bond donors (Lipinski definition) is 2. The minimum atomic E-state index is -4.85. The van der Waals surface area contributed by atoms with E-state index in [1.54, 1.807) is 6.92 Å². The van der Waals surface area contributed by atoms with Crippen LogP contribution in [-0.2, 0) is 11.0 Å². The monoisotopic (exact) mass is 358 g/mol. The summed E-state index contributed by atoms with van der Waals surface area (Å²) in [6, 6.07) is 3.16. The van der Waals surface area contributed by atoms with Crippen LogP contribution >= 0.6 is 11.8 Å². The summed E-state index contributed by atoms with van der Waals surface area (Å²) in [5, 5.41) is 14.5. The van der Waals surface area contributed by atoms with Crippen LogP contribution in [0.4, 0.5) is 19.0 Å². The van der Waals surface area contributed by atoms with Crippen LogP contribution in [0.25, 0.3) is 0 Å². The number of anilines is 1. The number of nitrogens with one attached hydrogen (secondary N) is 2. The number of aryl methyl sites for hydroxylation is 1. The molecule has 0 spiro atoms. The van der Waals surface area contributed by atoms with Crippen molar-refractivity contribution >= 4 is 23.5 Å². The average Bonchev–Trinajstić information content (AvgIpc) is 2.88. The lowest BCUT2D eigenvalue weighted by Gasteiger charge is -2.11. The molecule has 2 N–H and O–H groups in total. The first kappa shape index (κ1) is 17.6. The minimum absolute atomic E-state index is 0.149. The molecule has 0 radical (unpaired) electrons. The van der Waals surface area contributed by atoms with Crippen molar-refractivity contribution in [3.63, 3.8) is 0 Å². The maximum Gasteiger partial charge on any atom is 0.417 e. The van der Waals surface area contributed by atoms with Crippen LogP contribution in [0.15, 0.2) is 26.5 Å². The first-order valence-electron chi connectivity index (χ1n) is 6.31. The zero-order valence-corrected chi connectivity index (χ0v) is 12.8. The Morgan fingerprint density at radius 2 is 2.21 bits per heavy atom. The molecule has 0 saturated heterocycles. The molecule has 11 heteroatoms. The third-order valence-corrected chi connectivity index (χ3v) is 3.67. The van der Waals surface area contributed by atoms with Gasteiger partial charge in [0.25, 0.3) is 0 Å². The standard InChI is InChI=1S/C13H9F3N4O3S/c1-6-2-9(20-23-6)18-11(22)5-24-12-7(4-17)8(13(14,15)16)3-10(21)19-12/h2-3H,5H2,1H3,(H,19,21)(H,18,20,22). The summed E-state index contributed by atoms with van der Waals surface area (Å²) in [4.78, 5) is 25.2. The predicted octanol–water partition coefficient (Wildman–Crippen LogP) is 2.29. The van der Waals surface area contributed by atoms with Crippen LogP contribution in [0.1, 0.15) is 16.9 Å². The molecule has 2 heterocycles. The number of carbonyl (C=O) groups excluding carboxylic acids is 1. The Kier molecular flexibility index (Phi) is 4.99. The van der Waals surface area contributed by atoms with E-state index in [0.717, 1.165) is 0 Å². The number of nitrogens with zero attached hydrogens (tertiary/aromatic N) is 2. The number of amides is 1. The van der Waals surface area contributed by atoms with Gasteiger partial charge in [-0.25, -0.2) is 0 Å². The summed E-state index contributed by atoms with van der Waals surface area (Å²) in [5.74, 6) is -0.309. The van der Waals surface area contributed by atoms with Gasteiger partial charge >= 0.3 is 6.18 Å². The number of alkyl halides is 3. The van der Waals surface area contributed by atoms with Crippen LogP contribution in [0.2, 0.25) is 0 Å². The average molecular weight is 358 g/mol.